The van der Waals surface area contributed by atoms with E-state index >= 15 is 0 Å². The molecule has 156 valence electrons. The smallest absolute Gasteiger partial charge is 0.261 e. The molecule has 0 unspecified atom stereocenters. The number of aryl methyl sites for hydroxylation is 1. The summed E-state index contributed by atoms with van der Waals surface area (Å²) in [4.78, 5) is 18.9. The number of H-pyrrole nitrogens is 1. The molecule has 1 fully saturated rings. The number of sulfonamides is 1. The Morgan fingerprint density at radius 1 is 1.00 bits per heavy atom. The highest BCUT2D eigenvalue weighted by molar-refractivity contribution is 7.92. The van der Waals surface area contributed by atoms with Crippen LogP contribution in [0.1, 0.15) is 49.3 Å². The molecule has 1 aliphatic carbocycles. The molecule has 1 aromatic heterocycles. The molecule has 0 atom stereocenters. The van der Waals surface area contributed by atoms with Crippen molar-refractivity contribution in [2.75, 3.05) is 4.72 Å². The van der Waals surface area contributed by atoms with Crippen LogP contribution < -0.4 is 10.3 Å². The molecule has 1 heterocycles. The molecule has 6 nitrogen and oxygen atoms in total. The van der Waals surface area contributed by atoms with Gasteiger partial charge in [0.2, 0.25) is 0 Å². The molecule has 2 N–H and O–H groups in total. The van der Waals surface area contributed by atoms with Gasteiger partial charge < -0.3 is 4.98 Å². The summed E-state index contributed by atoms with van der Waals surface area (Å²) in [6, 6.07) is 15.5. The predicted molar refractivity (Wildman–Crippen MR) is 118 cm³/mol. The second kappa shape index (κ2) is 8.44. The number of hydrogen-bond donors (Lipinski definition) is 2. The first kappa shape index (κ1) is 20.3. The van der Waals surface area contributed by atoms with Gasteiger partial charge in [0.25, 0.3) is 15.6 Å². The molecule has 2 aromatic carbocycles. The molecule has 0 bridgehead atoms. The van der Waals surface area contributed by atoms with Crippen LogP contribution in [0, 0.1) is 6.92 Å². The molecular weight excluding hydrogens is 398 g/mol. The second-order valence-corrected chi connectivity index (χ2v) is 9.51. The van der Waals surface area contributed by atoms with Gasteiger partial charge >= 0.3 is 0 Å². The topological polar surface area (TPSA) is 91.9 Å². The first-order valence-electron chi connectivity index (χ1n) is 10.2. The van der Waals surface area contributed by atoms with E-state index in [4.69, 9.17) is 0 Å². The third-order valence-electron chi connectivity index (χ3n) is 5.52. The zero-order chi connectivity index (χ0) is 21.1. The number of hydrogen-bond acceptors (Lipinski definition) is 4. The van der Waals surface area contributed by atoms with Gasteiger partial charge in [0.15, 0.2) is 0 Å². The van der Waals surface area contributed by atoms with Crippen LogP contribution in [0.2, 0.25) is 0 Å². The van der Waals surface area contributed by atoms with Crippen LogP contribution in [-0.4, -0.2) is 18.4 Å². The molecule has 0 saturated heterocycles. The van der Waals surface area contributed by atoms with E-state index < -0.39 is 10.0 Å². The number of aromatic amines is 1. The van der Waals surface area contributed by atoms with E-state index in [9.17, 15) is 13.2 Å². The van der Waals surface area contributed by atoms with E-state index in [-0.39, 0.29) is 10.5 Å². The van der Waals surface area contributed by atoms with Gasteiger partial charge in [-0.25, -0.2) is 13.4 Å². The van der Waals surface area contributed by atoms with Crippen molar-refractivity contribution < 1.29 is 8.42 Å². The molecule has 7 heteroatoms. The lowest BCUT2D eigenvalue weighted by Crippen LogP contribution is -2.13. The first-order chi connectivity index (χ1) is 14.4. The van der Waals surface area contributed by atoms with Gasteiger partial charge in [0.05, 0.1) is 4.90 Å². The number of rotatable bonds is 5. The number of nitrogens with one attached hydrogen (secondary N) is 2. The van der Waals surface area contributed by atoms with Crippen LogP contribution in [0.5, 0.6) is 0 Å². The molecule has 0 aliphatic heterocycles. The van der Waals surface area contributed by atoms with Crippen molar-refractivity contribution in [2.24, 2.45) is 0 Å². The van der Waals surface area contributed by atoms with Crippen molar-refractivity contribution in [1.29, 1.82) is 0 Å². The first-order valence-corrected chi connectivity index (χ1v) is 11.7. The van der Waals surface area contributed by atoms with Gasteiger partial charge in [-0.3, -0.25) is 9.52 Å². The Balaban J connectivity index is 1.55. The Labute approximate surface area is 176 Å². The number of anilines is 1. The standard InChI is InChI=1S/C23H25N3O3S/c1-16-14-22(27)25-23(24-16)19-8-5-9-20(15-19)26-30(28,29)21-12-10-18(11-13-21)17-6-3-2-4-7-17/h5,8-15,17,26H,2-4,6-7H2,1H3,(H,24,25,27). The lowest BCUT2D eigenvalue weighted by atomic mass is 9.84. The molecular formula is C23H25N3O3S. The van der Waals surface area contributed by atoms with Crippen LogP contribution >= 0.6 is 0 Å². The summed E-state index contributed by atoms with van der Waals surface area (Å²) in [7, 11) is -3.72. The van der Waals surface area contributed by atoms with Crippen molar-refractivity contribution in [3.05, 3.63) is 76.2 Å². The van der Waals surface area contributed by atoms with Crippen molar-refractivity contribution in [2.45, 2.75) is 49.8 Å². The van der Waals surface area contributed by atoms with Crippen molar-refractivity contribution in [3.8, 4) is 11.4 Å². The molecule has 4 rings (SSSR count). The monoisotopic (exact) mass is 423 g/mol. The van der Waals surface area contributed by atoms with Crippen molar-refractivity contribution >= 4 is 15.7 Å². The van der Waals surface area contributed by atoms with Crippen molar-refractivity contribution in [1.82, 2.24) is 9.97 Å². The lowest BCUT2D eigenvalue weighted by molar-refractivity contribution is 0.443. The maximum absolute atomic E-state index is 12.9. The molecule has 1 aliphatic rings. The van der Waals surface area contributed by atoms with E-state index in [0.717, 1.165) is 0 Å². The molecule has 30 heavy (non-hydrogen) atoms. The summed E-state index contributed by atoms with van der Waals surface area (Å²) < 4.78 is 28.3. The van der Waals surface area contributed by atoms with Crippen LogP contribution in [0.25, 0.3) is 11.4 Å². The van der Waals surface area contributed by atoms with Gasteiger partial charge in [-0.2, -0.15) is 0 Å². The molecule has 3 aromatic rings. The minimum absolute atomic E-state index is 0.231. The normalized spacial score (nSPS) is 15.1. The maximum Gasteiger partial charge on any atom is 0.261 e. The van der Waals surface area contributed by atoms with E-state index in [0.29, 0.717) is 28.7 Å². The van der Waals surface area contributed by atoms with Crippen LogP contribution in [-0.2, 0) is 10.0 Å². The minimum Gasteiger partial charge on any atom is -0.307 e. The summed E-state index contributed by atoms with van der Waals surface area (Å²) in [5.41, 5.74) is 2.60. The summed E-state index contributed by atoms with van der Waals surface area (Å²) in [5, 5.41) is 0. The molecule has 1 saturated carbocycles. The van der Waals surface area contributed by atoms with Gasteiger partial charge in [-0.05, 0) is 55.5 Å². The summed E-state index contributed by atoms with van der Waals surface area (Å²) in [5.74, 6) is 0.932. The molecule has 0 radical (unpaired) electrons. The van der Waals surface area contributed by atoms with Gasteiger partial charge in [0, 0.05) is 23.0 Å². The fourth-order valence-corrected chi connectivity index (χ4v) is 5.06. The van der Waals surface area contributed by atoms with Crippen molar-refractivity contribution in [3.63, 3.8) is 0 Å². The fourth-order valence-electron chi connectivity index (χ4n) is 4.01. The summed E-state index contributed by atoms with van der Waals surface area (Å²) in [6.45, 7) is 1.74. The maximum atomic E-state index is 12.9. The zero-order valence-electron chi connectivity index (χ0n) is 16.9. The Hall–Kier alpha value is -2.93. The highest BCUT2D eigenvalue weighted by atomic mass is 32.2. The minimum atomic E-state index is -3.72. The highest BCUT2D eigenvalue weighted by Crippen LogP contribution is 2.33. The van der Waals surface area contributed by atoms with E-state index in [2.05, 4.69) is 14.7 Å². The highest BCUT2D eigenvalue weighted by Gasteiger charge is 2.18. The average Bonchev–Trinajstić information content (AvgIpc) is 2.74. The quantitative estimate of drug-likeness (QED) is 0.628. The van der Waals surface area contributed by atoms with Gasteiger partial charge in [0.1, 0.15) is 5.82 Å². The Kier molecular flexibility index (Phi) is 5.72. The number of aromatic nitrogens is 2. The van der Waals surface area contributed by atoms with E-state index in [1.54, 1.807) is 43.3 Å². The van der Waals surface area contributed by atoms with Crippen LogP contribution in [0.3, 0.4) is 0 Å². The summed E-state index contributed by atoms with van der Waals surface area (Å²) >= 11 is 0. The Morgan fingerprint density at radius 3 is 2.43 bits per heavy atom. The SMILES string of the molecule is Cc1cc(=O)[nH]c(-c2cccc(NS(=O)(=O)c3ccc(C4CCCCC4)cc3)c2)n1. The van der Waals surface area contributed by atoms with Gasteiger partial charge in [-0.1, -0.05) is 43.5 Å². The molecule has 0 spiro atoms. The molecule has 0 amide bonds. The number of benzene rings is 2. The fraction of sp³-hybridized carbons (Fsp3) is 0.304. The largest absolute Gasteiger partial charge is 0.307 e. The summed E-state index contributed by atoms with van der Waals surface area (Å²) in [6.07, 6.45) is 6.11. The third kappa shape index (κ3) is 4.62. The van der Waals surface area contributed by atoms with Crippen LogP contribution in [0.4, 0.5) is 5.69 Å². The Bertz CT molecular complexity index is 1190. The predicted octanol–water partition coefficient (Wildman–Crippen LogP) is 4.59. The second-order valence-electron chi connectivity index (χ2n) is 7.83. The lowest BCUT2D eigenvalue weighted by Gasteiger charge is -2.22. The van der Waals surface area contributed by atoms with E-state index in [1.807, 2.05) is 12.1 Å². The zero-order valence-corrected chi connectivity index (χ0v) is 17.7. The van der Waals surface area contributed by atoms with E-state index in [1.165, 1.54) is 43.7 Å². The average molecular weight is 424 g/mol. The number of nitrogens with zero attached hydrogens (tertiary/aromatic N) is 1. The van der Waals surface area contributed by atoms with Crippen LogP contribution in [0.15, 0.2) is 64.3 Å². The van der Waals surface area contributed by atoms with Gasteiger partial charge in [-0.15, -0.1) is 0 Å². The third-order valence-corrected chi connectivity index (χ3v) is 6.92. The Morgan fingerprint density at radius 2 is 1.73 bits per heavy atom.